The van der Waals surface area contributed by atoms with Crippen molar-refractivity contribution in [1.82, 2.24) is 9.97 Å². The van der Waals surface area contributed by atoms with Gasteiger partial charge < -0.3 is 4.90 Å². The van der Waals surface area contributed by atoms with Crippen LogP contribution in [0.5, 0.6) is 0 Å². The summed E-state index contributed by atoms with van der Waals surface area (Å²) in [7, 11) is 0. The molecule has 1 amide bonds. The van der Waals surface area contributed by atoms with Crippen molar-refractivity contribution in [2.45, 2.75) is 11.4 Å². The molecule has 148 valence electrons. The van der Waals surface area contributed by atoms with Gasteiger partial charge in [0.2, 0.25) is 5.91 Å². The topological polar surface area (TPSA) is 69.9 Å². The highest BCUT2D eigenvalue weighted by atomic mass is 32.2. The zero-order chi connectivity index (χ0) is 20.8. The van der Waals surface area contributed by atoms with E-state index in [1.165, 1.54) is 11.8 Å². The maximum absolute atomic E-state index is 13.0. The second kappa shape index (κ2) is 9.53. The van der Waals surface area contributed by atoms with Crippen molar-refractivity contribution in [1.29, 1.82) is 5.26 Å². The van der Waals surface area contributed by atoms with Crippen molar-refractivity contribution in [3.8, 4) is 16.8 Å². The van der Waals surface area contributed by atoms with Gasteiger partial charge >= 0.3 is 0 Å². The lowest BCUT2D eigenvalue weighted by molar-refractivity contribution is -0.116. The Balaban J connectivity index is 1.60. The number of nitrogens with zero attached hydrogens (tertiary/aromatic N) is 4. The largest absolute Gasteiger partial charge is 0.311 e. The van der Waals surface area contributed by atoms with Crippen molar-refractivity contribution in [3.05, 3.63) is 72.1 Å². The summed E-state index contributed by atoms with van der Waals surface area (Å²) in [5, 5.41) is 12.7. The molecule has 0 atom stereocenters. The lowest BCUT2D eigenvalue weighted by Gasteiger charge is -2.21. The molecule has 30 heavy (non-hydrogen) atoms. The number of amides is 1. The molecule has 2 heterocycles. The van der Waals surface area contributed by atoms with Crippen molar-refractivity contribution >= 4 is 45.6 Å². The van der Waals surface area contributed by atoms with E-state index in [1.807, 2.05) is 72.1 Å². The predicted octanol–water partition coefficient (Wildman–Crippen LogP) is 5.40. The summed E-state index contributed by atoms with van der Waals surface area (Å²) in [6, 6.07) is 23.4. The minimum absolute atomic E-state index is 0.0539. The molecule has 0 radical (unpaired) electrons. The molecular weight excluding hydrogens is 412 g/mol. The van der Waals surface area contributed by atoms with Gasteiger partial charge in [-0.3, -0.25) is 4.79 Å². The Morgan fingerprint density at radius 2 is 1.83 bits per heavy atom. The molecule has 0 unspecified atom stereocenters. The van der Waals surface area contributed by atoms with Gasteiger partial charge in [-0.05, 0) is 29.6 Å². The van der Waals surface area contributed by atoms with Crippen molar-refractivity contribution in [3.63, 3.8) is 0 Å². The normalized spacial score (nSPS) is 10.6. The molecule has 0 spiro atoms. The zero-order valence-electron chi connectivity index (χ0n) is 16.1. The molecule has 0 aliphatic rings. The third-order valence-corrected chi connectivity index (χ3v) is 6.30. The van der Waals surface area contributed by atoms with Crippen LogP contribution in [0.1, 0.15) is 6.42 Å². The van der Waals surface area contributed by atoms with E-state index < -0.39 is 0 Å². The van der Waals surface area contributed by atoms with Gasteiger partial charge in [0, 0.05) is 17.6 Å². The summed E-state index contributed by atoms with van der Waals surface area (Å²) in [6.45, 7) is 0.366. The summed E-state index contributed by atoms with van der Waals surface area (Å²) < 4.78 is 0. The van der Waals surface area contributed by atoms with E-state index in [-0.39, 0.29) is 18.1 Å². The Morgan fingerprint density at radius 3 is 2.60 bits per heavy atom. The molecule has 4 rings (SSSR count). The minimum Gasteiger partial charge on any atom is -0.311 e. The van der Waals surface area contributed by atoms with Gasteiger partial charge in [-0.25, -0.2) is 9.97 Å². The summed E-state index contributed by atoms with van der Waals surface area (Å²) in [4.78, 5) is 25.1. The molecule has 0 aliphatic heterocycles. The molecule has 2 aromatic carbocycles. The third kappa shape index (κ3) is 4.51. The second-order valence-electron chi connectivity index (χ2n) is 6.42. The van der Waals surface area contributed by atoms with Gasteiger partial charge in [-0.15, -0.1) is 11.3 Å². The molecule has 4 aromatic rings. The number of para-hydroxylation sites is 2. The van der Waals surface area contributed by atoms with Crippen LogP contribution in [0, 0.1) is 11.3 Å². The number of nitriles is 1. The van der Waals surface area contributed by atoms with E-state index in [2.05, 4.69) is 11.1 Å². The molecule has 2 aromatic heterocycles. The lowest BCUT2D eigenvalue weighted by atomic mass is 10.2. The van der Waals surface area contributed by atoms with Crippen LogP contribution in [-0.4, -0.2) is 28.2 Å². The molecule has 0 saturated carbocycles. The maximum Gasteiger partial charge on any atom is 0.237 e. The highest BCUT2D eigenvalue weighted by molar-refractivity contribution is 8.00. The van der Waals surface area contributed by atoms with Crippen LogP contribution in [0.3, 0.4) is 0 Å². The van der Waals surface area contributed by atoms with Gasteiger partial charge in [0.1, 0.15) is 5.03 Å². The van der Waals surface area contributed by atoms with Crippen molar-refractivity contribution < 1.29 is 4.79 Å². The van der Waals surface area contributed by atoms with Gasteiger partial charge in [0.05, 0.1) is 28.6 Å². The van der Waals surface area contributed by atoms with Crippen LogP contribution in [0.4, 0.5) is 5.69 Å². The SMILES string of the molecule is N#CCCN(C(=O)CSc1nc(-c2cccs2)nc2ccccc12)c1ccccc1. The number of fused-ring (bicyclic) bond motifs is 1. The Kier molecular flexibility index (Phi) is 6.38. The van der Waals surface area contributed by atoms with E-state index in [0.717, 1.165) is 26.5 Å². The quantitative estimate of drug-likeness (QED) is 0.290. The van der Waals surface area contributed by atoms with Crippen LogP contribution < -0.4 is 4.90 Å². The van der Waals surface area contributed by atoms with Crippen LogP contribution in [-0.2, 0) is 4.79 Å². The fourth-order valence-corrected chi connectivity index (χ4v) is 4.60. The molecule has 0 aliphatic carbocycles. The van der Waals surface area contributed by atoms with Crippen LogP contribution >= 0.6 is 23.1 Å². The van der Waals surface area contributed by atoms with Crippen molar-refractivity contribution in [2.75, 3.05) is 17.2 Å². The zero-order valence-corrected chi connectivity index (χ0v) is 17.7. The Labute approximate surface area is 183 Å². The Hall–Kier alpha value is -3.21. The average Bonchev–Trinajstić information content (AvgIpc) is 3.33. The van der Waals surface area contributed by atoms with Crippen LogP contribution in [0.25, 0.3) is 21.6 Å². The first-order chi connectivity index (χ1) is 14.8. The Morgan fingerprint density at radius 1 is 1.03 bits per heavy atom. The smallest absolute Gasteiger partial charge is 0.237 e. The van der Waals surface area contributed by atoms with Crippen LogP contribution in [0.15, 0.2) is 77.1 Å². The number of carbonyl (C=O) groups excluding carboxylic acids is 1. The minimum atomic E-state index is -0.0539. The number of rotatable bonds is 7. The number of hydrogen-bond donors (Lipinski definition) is 0. The fourth-order valence-electron chi connectivity index (χ4n) is 3.05. The molecule has 0 bridgehead atoms. The molecule has 5 nitrogen and oxygen atoms in total. The molecular formula is C23H18N4OS2. The highest BCUT2D eigenvalue weighted by Gasteiger charge is 2.18. The average molecular weight is 431 g/mol. The van der Waals surface area contributed by atoms with E-state index in [0.29, 0.717) is 12.4 Å². The number of carbonyl (C=O) groups is 1. The van der Waals surface area contributed by atoms with E-state index in [4.69, 9.17) is 10.2 Å². The Bertz CT molecular complexity index is 1190. The van der Waals surface area contributed by atoms with Gasteiger partial charge in [-0.2, -0.15) is 5.26 Å². The summed E-state index contributed by atoms with van der Waals surface area (Å²) in [6.07, 6.45) is 0.282. The van der Waals surface area contributed by atoms with E-state index >= 15 is 0 Å². The first-order valence-corrected chi connectivity index (χ1v) is 11.3. The molecule has 0 saturated heterocycles. The van der Waals surface area contributed by atoms with Gasteiger partial charge in [0.15, 0.2) is 5.82 Å². The highest BCUT2D eigenvalue weighted by Crippen LogP contribution is 2.30. The van der Waals surface area contributed by atoms with E-state index in [9.17, 15) is 4.79 Å². The summed E-state index contributed by atoms with van der Waals surface area (Å²) in [5.74, 6) is 0.843. The van der Waals surface area contributed by atoms with Gasteiger partial charge in [-0.1, -0.05) is 54.2 Å². The van der Waals surface area contributed by atoms with Crippen molar-refractivity contribution in [2.24, 2.45) is 0 Å². The molecule has 0 N–H and O–H groups in total. The monoisotopic (exact) mass is 430 g/mol. The lowest BCUT2D eigenvalue weighted by Crippen LogP contribution is -2.33. The number of benzene rings is 2. The fraction of sp³-hybridized carbons (Fsp3) is 0.130. The number of aromatic nitrogens is 2. The predicted molar refractivity (Wildman–Crippen MR) is 123 cm³/mol. The second-order valence-corrected chi connectivity index (χ2v) is 8.34. The number of thiophene rings is 1. The molecule has 7 heteroatoms. The van der Waals surface area contributed by atoms with Crippen LogP contribution in [0.2, 0.25) is 0 Å². The summed E-state index contributed by atoms with van der Waals surface area (Å²) in [5.41, 5.74) is 1.65. The number of thioether (sulfide) groups is 1. The maximum atomic E-state index is 13.0. The molecule has 0 fully saturated rings. The standard InChI is InChI=1S/C23H18N4OS2/c24-13-7-14-27(17-8-2-1-3-9-17)21(28)16-30-23-18-10-4-5-11-19(18)25-22(26-23)20-12-6-15-29-20/h1-6,8-12,15H,7,14,16H2. The van der Waals surface area contributed by atoms with Gasteiger partial charge in [0.25, 0.3) is 0 Å². The first kappa shape index (κ1) is 20.1. The summed E-state index contributed by atoms with van der Waals surface area (Å²) >= 11 is 2.99. The number of anilines is 1. The van der Waals surface area contributed by atoms with E-state index in [1.54, 1.807) is 16.2 Å². The number of hydrogen-bond acceptors (Lipinski definition) is 6. The first-order valence-electron chi connectivity index (χ1n) is 9.42. The third-order valence-electron chi connectivity index (χ3n) is 4.46.